The van der Waals surface area contributed by atoms with Gasteiger partial charge < -0.3 is 15.1 Å². The number of likely N-dealkylation sites (tertiary alicyclic amines) is 1. The highest BCUT2D eigenvalue weighted by Crippen LogP contribution is 2.30. The molecule has 1 atom stereocenters. The van der Waals surface area contributed by atoms with Crippen molar-refractivity contribution >= 4 is 46.4 Å². The van der Waals surface area contributed by atoms with Crippen molar-refractivity contribution in [3.63, 3.8) is 0 Å². The molecule has 0 radical (unpaired) electrons. The molecule has 2 aliphatic rings. The lowest BCUT2D eigenvalue weighted by atomic mass is 9.94. The van der Waals surface area contributed by atoms with Crippen molar-refractivity contribution in [2.24, 2.45) is 11.8 Å². The molecule has 2 aromatic carbocycles. The van der Waals surface area contributed by atoms with Gasteiger partial charge >= 0.3 is 0 Å². The summed E-state index contributed by atoms with van der Waals surface area (Å²) in [7, 11) is 0. The third-order valence-corrected chi connectivity index (χ3v) is 6.73. The summed E-state index contributed by atoms with van der Waals surface area (Å²) in [5.41, 5.74) is 1.93. The Balaban J connectivity index is 1.31. The molecule has 2 aromatic rings. The van der Waals surface area contributed by atoms with Crippen LogP contribution in [-0.2, 0) is 14.4 Å². The number of rotatable bonds is 5. The Bertz CT molecular complexity index is 1130. The van der Waals surface area contributed by atoms with Crippen LogP contribution in [-0.4, -0.2) is 47.2 Å². The molecular formula is C24H25ClN4O5. The van der Waals surface area contributed by atoms with Gasteiger partial charge in [-0.3, -0.25) is 24.5 Å². The zero-order chi connectivity index (χ0) is 24.4. The Morgan fingerprint density at radius 2 is 1.76 bits per heavy atom. The molecule has 1 N–H and O–H groups in total. The number of hydrogen-bond acceptors (Lipinski definition) is 5. The number of piperidine rings is 1. The lowest BCUT2D eigenvalue weighted by Crippen LogP contribution is -2.44. The molecule has 2 aliphatic heterocycles. The average Bonchev–Trinajstić information content (AvgIpc) is 3.21. The highest BCUT2D eigenvalue weighted by Gasteiger charge is 2.38. The van der Waals surface area contributed by atoms with Crippen molar-refractivity contribution in [1.29, 1.82) is 0 Å². The van der Waals surface area contributed by atoms with Crippen LogP contribution in [0.3, 0.4) is 0 Å². The molecule has 4 rings (SSSR count). The molecule has 9 nitrogen and oxygen atoms in total. The molecule has 1 unspecified atom stereocenters. The normalized spacial score (nSPS) is 18.8. The minimum Gasteiger partial charge on any atom is -0.342 e. The van der Waals surface area contributed by atoms with Crippen LogP contribution >= 0.6 is 11.6 Å². The zero-order valence-corrected chi connectivity index (χ0v) is 19.5. The molecule has 0 bridgehead atoms. The summed E-state index contributed by atoms with van der Waals surface area (Å²) in [6, 6.07) is 11.8. The fourth-order valence-corrected chi connectivity index (χ4v) is 4.63. The van der Waals surface area contributed by atoms with E-state index in [1.54, 1.807) is 9.80 Å². The maximum atomic E-state index is 13.0. The number of carbonyl (C=O) groups excluding carboxylic acids is 3. The summed E-state index contributed by atoms with van der Waals surface area (Å²) in [6.45, 7) is 3.18. The van der Waals surface area contributed by atoms with Gasteiger partial charge in [-0.1, -0.05) is 29.3 Å². The quantitative estimate of drug-likeness (QED) is 0.512. The van der Waals surface area contributed by atoms with E-state index in [0.717, 1.165) is 11.3 Å². The summed E-state index contributed by atoms with van der Waals surface area (Å²) in [5.74, 6) is -1.07. The smallest absolute Gasteiger partial charge is 0.289 e. The molecule has 2 fully saturated rings. The van der Waals surface area contributed by atoms with E-state index in [1.165, 1.54) is 18.2 Å². The van der Waals surface area contributed by atoms with Crippen LogP contribution in [0.25, 0.3) is 0 Å². The Morgan fingerprint density at radius 1 is 1.09 bits per heavy atom. The van der Waals surface area contributed by atoms with E-state index in [9.17, 15) is 24.5 Å². The number of nitrogens with zero attached hydrogens (tertiary/aromatic N) is 3. The van der Waals surface area contributed by atoms with E-state index in [4.69, 9.17) is 11.6 Å². The van der Waals surface area contributed by atoms with Crippen LogP contribution in [0.1, 0.15) is 24.8 Å². The Labute approximate surface area is 201 Å². The van der Waals surface area contributed by atoms with Crippen LogP contribution < -0.4 is 10.2 Å². The molecule has 10 heteroatoms. The summed E-state index contributed by atoms with van der Waals surface area (Å²) in [6.07, 6.45) is 1.15. The van der Waals surface area contributed by atoms with Crippen molar-refractivity contribution in [1.82, 2.24) is 4.90 Å². The van der Waals surface area contributed by atoms with Gasteiger partial charge in [0.2, 0.25) is 17.7 Å². The molecule has 0 aromatic heterocycles. The number of hydrogen-bond donors (Lipinski definition) is 1. The van der Waals surface area contributed by atoms with Gasteiger partial charge in [0.25, 0.3) is 5.69 Å². The first-order valence-corrected chi connectivity index (χ1v) is 11.5. The number of benzene rings is 2. The van der Waals surface area contributed by atoms with Crippen molar-refractivity contribution in [3.05, 3.63) is 63.2 Å². The second-order valence-corrected chi connectivity index (χ2v) is 9.16. The Hall–Kier alpha value is -3.46. The maximum Gasteiger partial charge on any atom is 0.289 e. The largest absolute Gasteiger partial charge is 0.342 e. The number of amides is 3. The second kappa shape index (κ2) is 9.80. The van der Waals surface area contributed by atoms with Crippen molar-refractivity contribution < 1.29 is 19.3 Å². The summed E-state index contributed by atoms with van der Waals surface area (Å²) < 4.78 is 0. The fourth-order valence-electron chi connectivity index (χ4n) is 4.44. The zero-order valence-electron chi connectivity index (χ0n) is 18.7. The number of nitrogens with one attached hydrogen (secondary N) is 1. The number of carbonyl (C=O) groups is 3. The molecule has 0 saturated carbocycles. The topological polar surface area (TPSA) is 113 Å². The maximum absolute atomic E-state index is 13.0. The van der Waals surface area contributed by atoms with Gasteiger partial charge in [-0.15, -0.1) is 0 Å². The first kappa shape index (κ1) is 23.7. The minimum absolute atomic E-state index is 0.00107. The SMILES string of the molecule is Cc1ccc(N2CC(C(=O)N3CCC(C(=O)Nc4ccc(Cl)c([N+](=O)[O-])c4)CC3)CC2=O)cc1. The predicted molar refractivity (Wildman–Crippen MR) is 128 cm³/mol. The van der Waals surface area contributed by atoms with Gasteiger partial charge in [0, 0.05) is 49.4 Å². The Morgan fingerprint density at radius 3 is 2.41 bits per heavy atom. The van der Waals surface area contributed by atoms with Crippen LogP contribution in [0.4, 0.5) is 17.1 Å². The third-order valence-electron chi connectivity index (χ3n) is 6.41. The molecule has 0 aliphatic carbocycles. The summed E-state index contributed by atoms with van der Waals surface area (Å²) in [5, 5.41) is 13.8. The first-order chi connectivity index (χ1) is 16.2. The van der Waals surface area contributed by atoms with Gasteiger partial charge in [0.1, 0.15) is 5.02 Å². The molecule has 3 amide bonds. The number of halogens is 1. The first-order valence-electron chi connectivity index (χ1n) is 11.1. The highest BCUT2D eigenvalue weighted by molar-refractivity contribution is 6.32. The number of aryl methyl sites for hydroxylation is 1. The molecule has 2 saturated heterocycles. The van der Waals surface area contributed by atoms with Gasteiger partial charge in [0.15, 0.2) is 0 Å². The Kier molecular flexibility index (Phi) is 6.83. The highest BCUT2D eigenvalue weighted by atomic mass is 35.5. The lowest BCUT2D eigenvalue weighted by Gasteiger charge is -2.33. The van der Waals surface area contributed by atoms with Crippen LogP contribution in [0.2, 0.25) is 5.02 Å². The monoisotopic (exact) mass is 484 g/mol. The van der Waals surface area contributed by atoms with E-state index in [-0.39, 0.29) is 40.8 Å². The van der Waals surface area contributed by atoms with E-state index in [2.05, 4.69) is 5.32 Å². The fraction of sp³-hybridized carbons (Fsp3) is 0.375. The van der Waals surface area contributed by atoms with Gasteiger partial charge in [-0.25, -0.2) is 0 Å². The van der Waals surface area contributed by atoms with E-state index >= 15 is 0 Å². The van der Waals surface area contributed by atoms with Crippen molar-refractivity contribution in [3.8, 4) is 0 Å². The van der Waals surface area contributed by atoms with Crippen LogP contribution in [0.15, 0.2) is 42.5 Å². The lowest BCUT2D eigenvalue weighted by molar-refractivity contribution is -0.384. The predicted octanol–water partition coefficient (Wildman–Crippen LogP) is 3.79. The second-order valence-electron chi connectivity index (χ2n) is 8.75. The van der Waals surface area contributed by atoms with Crippen LogP contribution in [0, 0.1) is 28.9 Å². The van der Waals surface area contributed by atoms with E-state index < -0.39 is 10.8 Å². The molecule has 0 spiro atoms. The number of nitro benzene ring substituents is 1. The van der Waals surface area contributed by atoms with Crippen molar-refractivity contribution in [2.75, 3.05) is 29.9 Å². The van der Waals surface area contributed by atoms with Gasteiger partial charge in [-0.05, 0) is 44.0 Å². The summed E-state index contributed by atoms with van der Waals surface area (Å²) >= 11 is 5.82. The van der Waals surface area contributed by atoms with Crippen molar-refractivity contribution in [2.45, 2.75) is 26.2 Å². The standard InChI is InChI=1S/C24H25ClN4O5/c1-15-2-5-19(6-3-15)28-14-17(12-22(28)30)24(32)27-10-8-16(9-11-27)23(31)26-18-4-7-20(25)21(13-18)29(33)34/h2-7,13,16-17H,8-12,14H2,1H3,(H,26,31). The summed E-state index contributed by atoms with van der Waals surface area (Å²) in [4.78, 5) is 52.1. The molecular weight excluding hydrogens is 460 g/mol. The molecule has 34 heavy (non-hydrogen) atoms. The molecule has 2 heterocycles. The third kappa shape index (κ3) is 5.04. The van der Waals surface area contributed by atoms with E-state index in [1.807, 2.05) is 31.2 Å². The van der Waals surface area contributed by atoms with E-state index in [0.29, 0.717) is 38.2 Å². The minimum atomic E-state index is -0.601. The average molecular weight is 485 g/mol. The van der Waals surface area contributed by atoms with Gasteiger partial charge in [-0.2, -0.15) is 0 Å². The van der Waals surface area contributed by atoms with Crippen LogP contribution in [0.5, 0.6) is 0 Å². The molecule has 178 valence electrons. The van der Waals surface area contributed by atoms with Gasteiger partial charge in [0.05, 0.1) is 10.8 Å². The number of nitro groups is 1. The number of anilines is 2.